The van der Waals surface area contributed by atoms with Crippen LogP contribution in [0.3, 0.4) is 0 Å². The second-order valence-corrected chi connectivity index (χ2v) is 14.2. The summed E-state index contributed by atoms with van der Waals surface area (Å²) in [5, 5.41) is 23.4. The molecule has 3 aliphatic rings. The molecule has 3 heterocycles. The predicted octanol–water partition coefficient (Wildman–Crippen LogP) is 7.19. The number of hydrogen-bond acceptors (Lipinski definition) is 7. The van der Waals surface area contributed by atoms with Gasteiger partial charge in [-0.3, -0.25) is 14.5 Å². The molecule has 0 spiro atoms. The fourth-order valence-corrected chi connectivity index (χ4v) is 8.67. The SMILES string of the molecule is CCCC1=C2[C@@H](CC/C(=C/c3cc(I)c(O)c(OC)c3)c3ccccc3)OB(O)C[C@@H]2[C@@H]2C(=O)N(Cc3cccs3)C(=O)[C@@H]2C1. The normalized spacial score (nSPS) is 23.4. The van der Waals surface area contributed by atoms with Gasteiger partial charge < -0.3 is 19.5 Å². The molecule has 2 aromatic carbocycles. The lowest BCUT2D eigenvalue weighted by molar-refractivity contribution is -0.140. The first kappa shape index (κ1) is 32.0. The number of benzene rings is 2. The molecule has 7 nitrogen and oxygen atoms in total. The molecule has 10 heteroatoms. The molecule has 0 bridgehead atoms. The van der Waals surface area contributed by atoms with Crippen molar-refractivity contribution in [1.82, 2.24) is 4.90 Å². The number of methoxy groups -OCH3 is 1. The number of thiophene rings is 1. The Morgan fingerprint density at radius 3 is 2.67 bits per heavy atom. The lowest BCUT2D eigenvalue weighted by Gasteiger charge is -2.43. The van der Waals surface area contributed by atoms with Crippen LogP contribution in [0.1, 0.15) is 55.0 Å². The van der Waals surface area contributed by atoms with Gasteiger partial charge in [-0.25, -0.2) is 0 Å². The summed E-state index contributed by atoms with van der Waals surface area (Å²) in [5.74, 6) is -0.753. The number of ether oxygens (including phenoxy) is 1. The Morgan fingerprint density at radius 2 is 1.96 bits per heavy atom. The maximum absolute atomic E-state index is 13.9. The van der Waals surface area contributed by atoms with Gasteiger partial charge in [0.05, 0.1) is 35.2 Å². The molecular weight excluding hydrogens is 700 g/mol. The fourth-order valence-electron chi connectivity index (χ4n) is 7.35. The molecule has 2 fully saturated rings. The number of halogens is 1. The highest BCUT2D eigenvalue weighted by atomic mass is 127. The van der Waals surface area contributed by atoms with Crippen molar-refractivity contribution in [3.8, 4) is 11.5 Å². The van der Waals surface area contributed by atoms with E-state index in [0.717, 1.165) is 40.0 Å². The molecule has 1 aromatic heterocycles. The molecule has 234 valence electrons. The van der Waals surface area contributed by atoms with Crippen LogP contribution in [-0.2, 0) is 20.8 Å². The van der Waals surface area contributed by atoms with E-state index < -0.39 is 13.0 Å². The summed E-state index contributed by atoms with van der Waals surface area (Å²) < 4.78 is 12.4. The van der Waals surface area contributed by atoms with Crippen LogP contribution in [0.2, 0.25) is 6.32 Å². The molecule has 2 N–H and O–H groups in total. The third-order valence-electron chi connectivity index (χ3n) is 9.28. The lowest BCUT2D eigenvalue weighted by atomic mass is 9.58. The molecule has 0 unspecified atom stereocenters. The Balaban J connectivity index is 1.32. The minimum absolute atomic E-state index is 0.0863. The van der Waals surface area contributed by atoms with Crippen LogP contribution in [0.5, 0.6) is 11.5 Å². The van der Waals surface area contributed by atoms with E-state index >= 15 is 0 Å². The van der Waals surface area contributed by atoms with Gasteiger partial charge in [0.15, 0.2) is 11.5 Å². The molecule has 1 aliphatic carbocycles. The topological polar surface area (TPSA) is 96.3 Å². The number of aromatic hydroxyl groups is 1. The van der Waals surface area contributed by atoms with Crippen molar-refractivity contribution in [1.29, 1.82) is 0 Å². The highest BCUT2D eigenvalue weighted by Crippen LogP contribution is 2.52. The van der Waals surface area contributed by atoms with E-state index in [9.17, 15) is 19.7 Å². The molecule has 45 heavy (non-hydrogen) atoms. The van der Waals surface area contributed by atoms with Crippen molar-refractivity contribution < 1.29 is 29.1 Å². The van der Waals surface area contributed by atoms with E-state index in [4.69, 9.17) is 9.39 Å². The molecule has 2 amide bonds. The first-order valence-corrected chi connectivity index (χ1v) is 17.5. The van der Waals surface area contributed by atoms with Gasteiger partial charge in [-0.2, -0.15) is 0 Å². The van der Waals surface area contributed by atoms with Crippen LogP contribution in [0.4, 0.5) is 0 Å². The van der Waals surface area contributed by atoms with Crippen LogP contribution >= 0.6 is 33.9 Å². The quantitative estimate of drug-likeness (QED) is 0.0753. The number of likely N-dealkylation sites (tertiary alicyclic amines) is 1. The number of hydrogen-bond donors (Lipinski definition) is 2. The van der Waals surface area contributed by atoms with Crippen molar-refractivity contribution in [3.05, 3.63) is 90.7 Å². The summed E-state index contributed by atoms with van der Waals surface area (Å²) in [5.41, 5.74) is 5.39. The van der Waals surface area contributed by atoms with Gasteiger partial charge in [0, 0.05) is 4.88 Å². The van der Waals surface area contributed by atoms with E-state index in [2.05, 4.69) is 47.7 Å². The maximum Gasteiger partial charge on any atom is 0.455 e. The third-order valence-corrected chi connectivity index (χ3v) is 11.0. The third kappa shape index (κ3) is 6.52. The Bertz CT molecular complexity index is 1620. The van der Waals surface area contributed by atoms with Crippen molar-refractivity contribution in [2.24, 2.45) is 17.8 Å². The van der Waals surface area contributed by atoms with Crippen molar-refractivity contribution >= 4 is 64.5 Å². The number of rotatable bonds is 10. The Labute approximate surface area is 282 Å². The summed E-state index contributed by atoms with van der Waals surface area (Å²) in [6, 6.07) is 17.8. The Morgan fingerprint density at radius 1 is 1.16 bits per heavy atom. The van der Waals surface area contributed by atoms with Crippen molar-refractivity contribution in [2.75, 3.05) is 7.11 Å². The van der Waals surface area contributed by atoms with Gasteiger partial charge in [-0.1, -0.05) is 61.4 Å². The van der Waals surface area contributed by atoms with E-state index in [-0.39, 0.29) is 35.5 Å². The van der Waals surface area contributed by atoms with Gasteiger partial charge in [0.25, 0.3) is 0 Å². The number of carbonyl (C=O) groups excluding carboxylic acids is 2. The van der Waals surface area contributed by atoms with Crippen LogP contribution < -0.4 is 4.74 Å². The van der Waals surface area contributed by atoms with Crippen molar-refractivity contribution in [3.63, 3.8) is 0 Å². The van der Waals surface area contributed by atoms with Gasteiger partial charge in [0.2, 0.25) is 11.8 Å². The molecule has 6 rings (SSSR count). The summed E-state index contributed by atoms with van der Waals surface area (Å²) in [6.07, 6.45) is 5.66. The number of fused-ring (bicyclic) bond motifs is 3. The summed E-state index contributed by atoms with van der Waals surface area (Å²) in [6.45, 7) is 2.44. The number of imide groups is 1. The molecular formula is C35H37BINO6S. The first-order chi connectivity index (χ1) is 21.8. The maximum atomic E-state index is 13.9. The number of amides is 2. The monoisotopic (exact) mass is 737 g/mol. The molecule has 2 aliphatic heterocycles. The highest BCUT2D eigenvalue weighted by molar-refractivity contribution is 14.1. The Kier molecular flexibility index (Phi) is 9.84. The average molecular weight is 737 g/mol. The van der Waals surface area contributed by atoms with E-state index in [1.54, 1.807) is 18.4 Å². The molecule has 3 aromatic rings. The zero-order chi connectivity index (χ0) is 31.7. The van der Waals surface area contributed by atoms with E-state index in [0.29, 0.717) is 41.4 Å². The Hall–Kier alpha value is -2.93. The van der Waals surface area contributed by atoms with Crippen molar-refractivity contribution in [2.45, 2.75) is 58.0 Å². The molecule has 0 radical (unpaired) electrons. The lowest BCUT2D eigenvalue weighted by Crippen LogP contribution is -2.46. The smallest absolute Gasteiger partial charge is 0.455 e. The van der Waals surface area contributed by atoms with Crippen LogP contribution in [0.25, 0.3) is 11.6 Å². The summed E-state index contributed by atoms with van der Waals surface area (Å²) in [7, 11) is 0.533. The van der Waals surface area contributed by atoms with Crippen LogP contribution in [0, 0.1) is 21.3 Å². The van der Waals surface area contributed by atoms with Gasteiger partial charge in [0.1, 0.15) is 0 Å². The first-order valence-electron chi connectivity index (χ1n) is 15.5. The number of phenols is 1. The van der Waals surface area contributed by atoms with Crippen LogP contribution in [0.15, 0.2) is 71.1 Å². The standard InChI is InChI=1S/C35H37BINO6S/c1-3-8-24-18-26-32(35(41)38(34(26)40)20-25-11-7-14-45-25)27-19-36(42)44-29(31(24)27)13-12-23(22-9-5-4-6-10-22)15-21-16-28(37)33(39)30(17-21)43-2/h4-7,9-11,14-17,26-27,29,32,39,42H,3,8,12-13,18-20H2,1-2H3/b23-15-/t26-,27+,29-,32-/m1/s1. The van der Waals surface area contributed by atoms with E-state index in [1.165, 1.54) is 10.5 Å². The predicted molar refractivity (Wildman–Crippen MR) is 185 cm³/mol. The van der Waals surface area contributed by atoms with Gasteiger partial charge >= 0.3 is 7.12 Å². The van der Waals surface area contributed by atoms with Gasteiger partial charge in [-0.05, 0) is 106 Å². The second-order valence-electron chi connectivity index (χ2n) is 12.0. The molecule has 0 saturated carbocycles. The zero-order valence-corrected chi connectivity index (χ0v) is 28.4. The number of nitrogens with zero attached hydrogens (tertiary/aromatic N) is 1. The van der Waals surface area contributed by atoms with Crippen LogP contribution in [-0.4, -0.2) is 47.2 Å². The minimum Gasteiger partial charge on any atom is -0.504 e. The summed E-state index contributed by atoms with van der Waals surface area (Å²) >= 11 is 3.65. The average Bonchev–Trinajstić information content (AvgIpc) is 3.63. The molecule has 2 saturated heterocycles. The fraction of sp³-hybridized carbons (Fsp3) is 0.371. The number of carbonyl (C=O) groups is 2. The number of allylic oxidation sites excluding steroid dienone is 2. The zero-order valence-electron chi connectivity index (χ0n) is 25.4. The van der Waals surface area contributed by atoms with Gasteiger partial charge in [-0.15, -0.1) is 11.3 Å². The summed E-state index contributed by atoms with van der Waals surface area (Å²) in [4.78, 5) is 30.0. The number of phenolic OH excluding ortho intramolecular Hbond substituents is 1. The largest absolute Gasteiger partial charge is 0.504 e. The molecule has 4 atom stereocenters. The van der Waals surface area contributed by atoms with E-state index in [1.807, 2.05) is 47.8 Å². The second kappa shape index (κ2) is 13.8. The minimum atomic E-state index is -1.01. The highest BCUT2D eigenvalue weighted by Gasteiger charge is 2.57.